The van der Waals surface area contributed by atoms with E-state index in [2.05, 4.69) is 29.8 Å². The summed E-state index contributed by atoms with van der Waals surface area (Å²) in [6, 6.07) is 6.05. The van der Waals surface area contributed by atoms with Crippen molar-refractivity contribution in [2.45, 2.75) is 39.2 Å². The summed E-state index contributed by atoms with van der Waals surface area (Å²) in [4.78, 5) is 23.1. The summed E-state index contributed by atoms with van der Waals surface area (Å²) in [7, 11) is 0. The average Bonchev–Trinajstić information content (AvgIpc) is 2.55. The van der Waals surface area contributed by atoms with Crippen molar-refractivity contribution in [3.8, 4) is 0 Å². The monoisotopic (exact) mass is 275 g/mol. The van der Waals surface area contributed by atoms with Crippen molar-refractivity contribution >= 4 is 23.2 Å². The van der Waals surface area contributed by atoms with E-state index in [4.69, 9.17) is 0 Å². The van der Waals surface area contributed by atoms with Gasteiger partial charge < -0.3 is 16.0 Å². The molecule has 108 valence electrons. The molecule has 0 aromatic heterocycles. The van der Waals surface area contributed by atoms with E-state index in [0.29, 0.717) is 11.4 Å². The molecule has 1 unspecified atom stereocenters. The Kier molecular flexibility index (Phi) is 4.74. The van der Waals surface area contributed by atoms with Crippen LogP contribution in [0.1, 0.15) is 44.7 Å². The molecule has 0 fully saturated rings. The van der Waals surface area contributed by atoms with Crippen molar-refractivity contribution in [2.24, 2.45) is 0 Å². The molecule has 0 aliphatic carbocycles. The predicted molar refractivity (Wildman–Crippen MR) is 79.6 cm³/mol. The van der Waals surface area contributed by atoms with Crippen molar-refractivity contribution in [1.82, 2.24) is 5.32 Å². The van der Waals surface area contributed by atoms with Gasteiger partial charge in [-0.1, -0.05) is 19.9 Å². The molecule has 5 nitrogen and oxygen atoms in total. The van der Waals surface area contributed by atoms with Crippen LogP contribution >= 0.6 is 0 Å². The number of carbonyl (C=O) groups is 2. The normalized spacial score (nSPS) is 15.9. The molecule has 1 heterocycles. The van der Waals surface area contributed by atoms with Gasteiger partial charge in [0.05, 0.1) is 11.4 Å². The molecule has 0 saturated heterocycles. The average molecular weight is 275 g/mol. The van der Waals surface area contributed by atoms with Gasteiger partial charge >= 0.3 is 0 Å². The number of hydrogen-bond acceptors (Lipinski definition) is 3. The smallest absolute Gasteiger partial charge is 0.233 e. The SMILES string of the molecule is CCCNC(CC)c1ccc2c(c1)NC(=O)CC(=O)N2. The molecule has 2 amide bonds. The van der Waals surface area contributed by atoms with Crippen molar-refractivity contribution in [3.05, 3.63) is 23.8 Å². The van der Waals surface area contributed by atoms with Crippen LogP contribution in [-0.2, 0) is 9.59 Å². The van der Waals surface area contributed by atoms with Crippen LogP contribution in [0.5, 0.6) is 0 Å². The van der Waals surface area contributed by atoms with Gasteiger partial charge in [0.1, 0.15) is 6.42 Å². The largest absolute Gasteiger partial charge is 0.324 e. The molecule has 20 heavy (non-hydrogen) atoms. The first-order valence-corrected chi connectivity index (χ1v) is 7.11. The molecular formula is C15H21N3O2. The number of hydrogen-bond donors (Lipinski definition) is 3. The minimum Gasteiger partial charge on any atom is -0.324 e. The second-order valence-corrected chi connectivity index (χ2v) is 4.99. The number of amides is 2. The molecule has 0 spiro atoms. The van der Waals surface area contributed by atoms with E-state index in [1.54, 1.807) is 0 Å². The summed E-state index contributed by atoms with van der Waals surface area (Å²) in [5.41, 5.74) is 2.46. The molecule has 1 aromatic rings. The summed E-state index contributed by atoms with van der Waals surface area (Å²) in [5.74, 6) is -0.543. The first-order valence-electron chi connectivity index (χ1n) is 7.11. The summed E-state index contributed by atoms with van der Waals surface area (Å²) in [6.45, 7) is 5.21. The third kappa shape index (κ3) is 3.36. The lowest BCUT2D eigenvalue weighted by Crippen LogP contribution is -2.21. The minimum absolute atomic E-state index is 0.130. The maximum Gasteiger partial charge on any atom is 0.233 e. The van der Waals surface area contributed by atoms with E-state index >= 15 is 0 Å². The van der Waals surface area contributed by atoms with E-state index in [-0.39, 0.29) is 24.3 Å². The van der Waals surface area contributed by atoms with Crippen molar-refractivity contribution in [2.75, 3.05) is 17.2 Å². The zero-order chi connectivity index (χ0) is 14.5. The van der Waals surface area contributed by atoms with Crippen LogP contribution in [0.4, 0.5) is 11.4 Å². The van der Waals surface area contributed by atoms with Crippen LogP contribution < -0.4 is 16.0 Å². The van der Waals surface area contributed by atoms with E-state index in [1.165, 1.54) is 0 Å². The predicted octanol–water partition coefficient (Wildman–Crippen LogP) is 2.42. The van der Waals surface area contributed by atoms with Gasteiger partial charge in [-0.25, -0.2) is 0 Å². The third-order valence-electron chi connectivity index (χ3n) is 3.36. The van der Waals surface area contributed by atoms with Gasteiger partial charge in [0.2, 0.25) is 11.8 Å². The second-order valence-electron chi connectivity index (χ2n) is 4.99. The number of fused-ring (bicyclic) bond motifs is 1. The molecule has 5 heteroatoms. The van der Waals surface area contributed by atoms with Crippen LogP contribution in [0.3, 0.4) is 0 Å². The molecule has 1 aromatic carbocycles. The number of nitrogens with one attached hydrogen (secondary N) is 3. The van der Waals surface area contributed by atoms with Gasteiger partial charge in [-0.15, -0.1) is 0 Å². The molecule has 1 aliphatic heterocycles. The quantitative estimate of drug-likeness (QED) is 0.723. The third-order valence-corrected chi connectivity index (χ3v) is 3.36. The van der Waals surface area contributed by atoms with Gasteiger partial charge in [-0.3, -0.25) is 9.59 Å². The highest BCUT2D eigenvalue weighted by Crippen LogP contribution is 2.29. The van der Waals surface area contributed by atoms with E-state index in [9.17, 15) is 9.59 Å². The Morgan fingerprint density at radius 1 is 1.15 bits per heavy atom. The van der Waals surface area contributed by atoms with E-state index in [0.717, 1.165) is 24.9 Å². The molecule has 3 N–H and O–H groups in total. The van der Waals surface area contributed by atoms with E-state index < -0.39 is 0 Å². The van der Waals surface area contributed by atoms with Crippen LogP contribution in [-0.4, -0.2) is 18.4 Å². The van der Waals surface area contributed by atoms with Gasteiger partial charge in [0.25, 0.3) is 0 Å². The highest BCUT2D eigenvalue weighted by Gasteiger charge is 2.19. The van der Waals surface area contributed by atoms with Crippen LogP contribution in [0.15, 0.2) is 18.2 Å². The summed E-state index contributed by atoms with van der Waals surface area (Å²) in [5, 5.41) is 8.99. The number of rotatable bonds is 5. The topological polar surface area (TPSA) is 70.2 Å². The highest BCUT2D eigenvalue weighted by atomic mass is 16.2. The Hall–Kier alpha value is -1.88. The van der Waals surface area contributed by atoms with Crippen molar-refractivity contribution < 1.29 is 9.59 Å². The van der Waals surface area contributed by atoms with Crippen LogP contribution in [0.2, 0.25) is 0 Å². The second kappa shape index (κ2) is 6.52. The fourth-order valence-electron chi connectivity index (χ4n) is 2.34. The lowest BCUT2D eigenvalue weighted by Gasteiger charge is -2.19. The number of benzene rings is 1. The van der Waals surface area contributed by atoms with E-state index in [1.807, 2.05) is 18.2 Å². The first-order chi connectivity index (χ1) is 9.63. The minimum atomic E-state index is -0.273. The maximum absolute atomic E-state index is 11.6. The number of carbonyl (C=O) groups excluding carboxylic acids is 2. The lowest BCUT2D eigenvalue weighted by atomic mass is 10.0. The molecule has 1 aliphatic rings. The fraction of sp³-hybridized carbons (Fsp3) is 0.467. The Balaban J connectivity index is 2.25. The first kappa shape index (κ1) is 14.5. The Morgan fingerprint density at radius 2 is 1.85 bits per heavy atom. The zero-order valence-corrected chi connectivity index (χ0v) is 12.0. The highest BCUT2D eigenvalue weighted by molar-refractivity contribution is 6.13. The van der Waals surface area contributed by atoms with Crippen LogP contribution in [0, 0.1) is 0 Å². The fourth-order valence-corrected chi connectivity index (χ4v) is 2.34. The zero-order valence-electron chi connectivity index (χ0n) is 12.0. The lowest BCUT2D eigenvalue weighted by molar-refractivity contribution is -0.123. The maximum atomic E-state index is 11.6. The molecule has 1 atom stereocenters. The van der Waals surface area contributed by atoms with Gasteiger partial charge in [-0.2, -0.15) is 0 Å². The molecular weight excluding hydrogens is 254 g/mol. The molecule has 2 rings (SSSR count). The van der Waals surface area contributed by atoms with Gasteiger partial charge in [0, 0.05) is 6.04 Å². The van der Waals surface area contributed by atoms with Gasteiger partial charge in [-0.05, 0) is 37.1 Å². The summed E-state index contributed by atoms with van der Waals surface area (Å²) < 4.78 is 0. The van der Waals surface area contributed by atoms with Gasteiger partial charge in [0.15, 0.2) is 0 Å². The van der Waals surface area contributed by atoms with Crippen LogP contribution in [0.25, 0.3) is 0 Å². The van der Waals surface area contributed by atoms with Crippen molar-refractivity contribution in [3.63, 3.8) is 0 Å². The van der Waals surface area contributed by atoms with Crippen molar-refractivity contribution in [1.29, 1.82) is 0 Å². The molecule has 0 saturated carbocycles. The Bertz CT molecular complexity index is 514. The Labute approximate surface area is 119 Å². The standard InChI is InChI=1S/C15H21N3O2/c1-3-7-16-11(4-2)10-5-6-12-13(8-10)18-15(20)9-14(19)17-12/h5-6,8,11,16H,3-4,7,9H2,1-2H3,(H,17,19)(H,18,20). The number of anilines is 2. The summed E-state index contributed by atoms with van der Waals surface area (Å²) in [6.07, 6.45) is 1.92. The molecule has 0 radical (unpaired) electrons. The molecule has 0 bridgehead atoms. The Morgan fingerprint density at radius 3 is 2.50 bits per heavy atom. The summed E-state index contributed by atoms with van der Waals surface area (Å²) >= 11 is 0.